The molecular formula is C16H20N4O3. The molecule has 3 rings (SSSR count). The van der Waals surface area contributed by atoms with Gasteiger partial charge in [-0.1, -0.05) is 24.1 Å². The fourth-order valence-corrected chi connectivity index (χ4v) is 2.74. The number of carbonyl (C=O) groups is 1. The van der Waals surface area contributed by atoms with Gasteiger partial charge in [0.1, 0.15) is 5.69 Å². The maximum Gasteiger partial charge on any atom is 0.227 e. The minimum Gasteiger partial charge on any atom is -0.388 e. The zero-order valence-corrected chi connectivity index (χ0v) is 12.9. The third-order valence-corrected chi connectivity index (χ3v) is 4.08. The molecule has 2 N–H and O–H groups in total. The molecule has 2 heterocycles. The number of pyridine rings is 1. The summed E-state index contributed by atoms with van der Waals surface area (Å²) in [6, 6.07) is 5.45. The molecule has 0 radical (unpaired) electrons. The van der Waals surface area contributed by atoms with E-state index in [0.29, 0.717) is 30.4 Å². The first kappa shape index (κ1) is 15.6. The number of aromatic nitrogens is 3. The van der Waals surface area contributed by atoms with Crippen molar-refractivity contribution in [2.45, 2.75) is 44.1 Å². The molecule has 0 saturated heterocycles. The molecule has 0 aromatic carbocycles. The first-order valence-electron chi connectivity index (χ1n) is 7.88. The van der Waals surface area contributed by atoms with Crippen molar-refractivity contribution in [3.63, 3.8) is 0 Å². The zero-order valence-electron chi connectivity index (χ0n) is 12.9. The highest BCUT2D eigenvalue weighted by atomic mass is 16.5. The van der Waals surface area contributed by atoms with Crippen LogP contribution in [0.5, 0.6) is 0 Å². The van der Waals surface area contributed by atoms with E-state index < -0.39 is 5.60 Å². The Bertz CT molecular complexity index is 650. The molecule has 1 amide bonds. The number of rotatable bonds is 6. The van der Waals surface area contributed by atoms with Crippen molar-refractivity contribution in [1.82, 2.24) is 20.4 Å². The van der Waals surface area contributed by atoms with Crippen LogP contribution in [0.15, 0.2) is 28.9 Å². The Morgan fingerprint density at radius 1 is 1.35 bits per heavy atom. The Morgan fingerprint density at radius 2 is 2.17 bits per heavy atom. The first-order valence-corrected chi connectivity index (χ1v) is 7.88. The monoisotopic (exact) mass is 316 g/mol. The lowest BCUT2D eigenvalue weighted by atomic mass is 10.0. The van der Waals surface area contributed by atoms with Gasteiger partial charge in [-0.25, -0.2) is 0 Å². The number of nitrogens with zero attached hydrogens (tertiary/aromatic N) is 3. The molecular weight excluding hydrogens is 296 g/mol. The molecule has 0 atom stereocenters. The molecule has 2 aromatic rings. The van der Waals surface area contributed by atoms with Gasteiger partial charge in [-0.15, -0.1) is 0 Å². The lowest BCUT2D eigenvalue weighted by molar-refractivity contribution is -0.122. The van der Waals surface area contributed by atoms with Crippen molar-refractivity contribution in [3.05, 3.63) is 30.3 Å². The molecule has 0 aliphatic heterocycles. The lowest BCUT2D eigenvalue weighted by Gasteiger charge is -2.22. The molecule has 0 bridgehead atoms. The minimum atomic E-state index is -0.730. The SMILES string of the molecule is O=C(CCc1nc(-c2ccccn2)no1)NCC1(O)CCCC1. The predicted molar refractivity (Wildman–Crippen MR) is 82.3 cm³/mol. The van der Waals surface area contributed by atoms with E-state index in [4.69, 9.17) is 4.52 Å². The van der Waals surface area contributed by atoms with E-state index in [0.717, 1.165) is 25.7 Å². The summed E-state index contributed by atoms with van der Waals surface area (Å²) in [4.78, 5) is 20.2. The van der Waals surface area contributed by atoms with E-state index in [-0.39, 0.29) is 12.3 Å². The number of nitrogens with one attached hydrogen (secondary N) is 1. The van der Waals surface area contributed by atoms with Gasteiger partial charge in [-0.2, -0.15) is 4.98 Å². The Hall–Kier alpha value is -2.28. The van der Waals surface area contributed by atoms with Crippen LogP contribution in [0.4, 0.5) is 0 Å². The number of aliphatic hydroxyl groups is 1. The minimum absolute atomic E-state index is 0.122. The van der Waals surface area contributed by atoms with E-state index in [1.807, 2.05) is 12.1 Å². The second-order valence-corrected chi connectivity index (χ2v) is 5.93. The summed E-state index contributed by atoms with van der Waals surface area (Å²) in [6.07, 6.45) is 5.82. The molecule has 2 aromatic heterocycles. The number of hydrogen-bond acceptors (Lipinski definition) is 6. The molecule has 0 unspecified atom stereocenters. The maximum absolute atomic E-state index is 11.9. The van der Waals surface area contributed by atoms with Crippen LogP contribution in [0.2, 0.25) is 0 Å². The topological polar surface area (TPSA) is 101 Å². The average molecular weight is 316 g/mol. The lowest BCUT2D eigenvalue weighted by Crippen LogP contribution is -2.40. The Labute approximate surface area is 134 Å². The molecule has 23 heavy (non-hydrogen) atoms. The van der Waals surface area contributed by atoms with Crippen LogP contribution in [-0.2, 0) is 11.2 Å². The summed E-state index contributed by atoms with van der Waals surface area (Å²) < 4.78 is 5.14. The van der Waals surface area contributed by atoms with Gasteiger partial charge >= 0.3 is 0 Å². The van der Waals surface area contributed by atoms with E-state index in [1.54, 1.807) is 12.3 Å². The van der Waals surface area contributed by atoms with Crippen LogP contribution >= 0.6 is 0 Å². The summed E-state index contributed by atoms with van der Waals surface area (Å²) >= 11 is 0. The van der Waals surface area contributed by atoms with Crippen molar-refractivity contribution < 1.29 is 14.4 Å². The van der Waals surface area contributed by atoms with Gasteiger partial charge < -0.3 is 14.9 Å². The molecule has 0 spiro atoms. The molecule has 1 aliphatic carbocycles. The number of hydrogen-bond donors (Lipinski definition) is 2. The number of carbonyl (C=O) groups excluding carboxylic acids is 1. The molecule has 1 saturated carbocycles. The summed E-state index contributed by atoms with van der Waals surface area (Å²) in [5.41, 5.74) is -0.0952. The highest BCUT2D eigenvalue weighted by Crippen LogP contribution is 2.28. The van der Waals surface area contributed by atoms with Gasteiger partial charge in [0.15, 0.2) is 0 Å². The van der Waals surface area contributed by atoms with E-state index in [1.165, 1.54) is 0 Å². The smallest absolute Gasteiger partial charge is 0.227 e. The van der Waals surface area contributed by atoms with Crippen LogP contribution in [0, 0.1) is 0 Å². The van der Waals surface area contributed by atoms with Gasteiger partial charge in [-0.05, 0) is 25.0 Å². The molecule has 7 heteroatoms. The predicted octanol–water partition coefficient (Wildman–Crippen LogP) is 1.49. The second kappa shape index (κ2) is 6.87. The average Bonchev–Trinajstić information content (AvgIpc) is 3.22. The highest BCUT2D eigenvalue weighted by molar-refractivity contribution is 5.76. The summed E-state index contributed by atoms with van der Waals surface area (Å²) in [6.45, 7) is 0.314. The normalized spacial score (nSPS) is 16.4. The molecule has 1 fully saturated rings. The van der Waals surface area contributed by atoms with Crippen LogP contribution < -0.4 is 5.32 Å². The highest BCUT2D eigenvalue weighted by Gasteiger charge is 2.31. The Balaban J connectivity index is 1.47. The van der Waals surface area contributed by atoms with Crippen molar-refractivity contribution in [2.75, 3.05) is 6.54 Å². The standard InChI is InChI=1S/C16H20N4O3/c21-13(18-11-16(22)8-2-3-9-16)6-7-14-19-15(20-23-14)12-5-1-4-10-17-12/h1,4-5,10,22H,2-3,6-9,11H2,(H,18,21). The van der Waals surface area contributed by atoms with E-state index >= 15 is 0 Å². The van der Waals surface area contributed by atoms with Gasteiger partial charge in [-0.3, -0.25) is 9.78 Å². The maximum atomic E-state index is 11.9. The third kappa shape index (κ3) is 4.13. The molecule has 1 aliphatic rings. The van der Waals surface area contributed by atoms with Gasteiger partial charge in [0, 0.05) is 25.6 Å². The van der Waals surface area contributed by atoms with Crippen molar-refractivity contribution in [1.29, 1.82) is 0 Å². The summed E-state index contributed by atoms with van der Waals surface area (Å²) in [5.74, 6) is 0.699. The first-order chi connectivity index (χ1) is 11.1. The number of aryl methyl sites for hydroxylation is 1. The van der Waals surface area contributed by atoms with Crippen LogP contribution in [0.3, 0.4) is 0 Å². The third-order valence-electron chi connectivity index (χ3n) is 4.08. The zero-order chi connectivity index (χ0) is 16.1. The fraction of sp³-hybridized carbons (Fsp3) is 0.500. The van der Waals surface area contributed by atoms with E-state index in [2.05, 4.69) is 20.4 Å². The quantitative estimate of drug-likeness (QED) is 0.837. The van der Waals surface area contributed by atoms with E-state index in [9.17, 15) is 9.90 Å². The fourth-order valence-electron chi connectivity index (χ4n) is 2.74. The van der Waals surface area contributed by atoms with Crippen LogP contribution in [-0.4, -0.2) is 38.3 Å². The van der Waals surface area contributed by atoms with Crippen molar-refractivity contribution in [3.8, 4) is 11.5 Å². The molecule has 122 valence electrons. The Kier molecular flexibility index (Phi) is 4.66. The largest absolute Gasteiger partial charge is 0.388 e. The Morgan fingerprint density at radius 3 is 2.91 bits per heavy atom. The van der Waals surface area contributed by atoms with Crippen LogP contribution in [0.1, 0.15) is 38.0 Å². The second-order valence-electron chi connectivity index (χ2n) is 5.93. The van der Waals surface area contributed by atoms with Crippen molar-refractivity contribution in [2.24, 2.45) is 0 Å². The number of amides is 1. The van der Waals surface area contributed by atoms with Gasteiger partial charge in [0.25, 0.3) is 0 Å². The van der Waals surface area contributed by atoms with Gasteiger partial charge in [0.2, 0.25) is 17.6 Å². The van der Waals surface area contributed by atoms with Crippen LogP contribution in [0.25, 0.3) is 11.5 Å². The summed E-state index contributed by atoms with van der Waals surface area (Å²) in [7, 11) is 0. The van der Waals surface area contributed by atoms with Crippen molar-refractivity contribution >= 4 is 5.91 Å². The van der Waals surface area contributed by atoms with Gasteiger partial charge in [0.05, 0.1) is 5.60 Å². The summed E-state index contributed by atoms with van der Waals surface area (Å²) in [5, 5.41) is 16.8. The molecule has 7 nitrogen and oxygen atoms in total.